The topological polar surface area (TPSA) is 41.6 Å². The molecule has 0 spiro atoms. The minimum absolute atomic E-state index is 0.286. The molecule has 1 aliphatic rings. The van der Waals surface area contributed by atoms with Gasteiger partial charge in [0, 0.05) is 12.1 Å². The first-order valence-corrected chi connectivity index (χ1v) is 5.65. The fraction of sp³-hybridized carbons (Fsp3) is 0.417. The van der Waals surface area contributed by atoms with E-state index in [1.807, 2.05) is 11.8 Å². The molecule has 1 aromatic carbocycles. The van der Waals surface area contributed by atoms with E-state index in [0.29, 0.717) is 24.6 Å². The molecule has 1 aliphatic heterocycles. The van der Waals surface area contributed by atoms with Crippen LogP contribution in [0.15, 0.2) is 23.2 Å². The lowest BCUT2D eigenvalue weighted by Gasteiger charge is -2.26. The second-order valence-corrected chi connectivity index (χ2v) is 4.05. The zero-order valence-electron chi connectivity index (χ0n) is 9.66. The standard InChI is InChI=1S/C12H15F2N3/c1-2-6-17-10(7-16-12(17)15)8-4-3-5-9(13)11(8)14/h3-5,10H,2,6-7H2,1H3,(H2,15,16). The maximum absolute atomic E-state index is 13.7. The maximum atomic E-state index is 13.7. The van der Waals surface area contributed by atoms with Gasteiger partial charge in [-0.1, -0.05) is 19.1 Å². The monoisotopic (exact) mass is 239 g/mol. The summed E-state index contributed by atoms with van der Waals surface area (Å²) in [5, 5.41) is 0. The first kappa shape index (κ1) is 11.8. The molecule has 0 aliphatic carbocycles. The van der Waals surface area contributed by atoms with Crippen molar-refractivity contribution in [1.82, 2.24) is 4.90 Å². The van der Waals surface area contributed by atoms with Crippen molar-refractivity contribution in [2.75, 3.05) is 13.1 Å². The van der Waals surface area contributed by atoms with Crippen molar-refractivity contribution >= 4 is 5.96 Å². The number of halogens is 2. The third-order valence-electron chi connectivity index (χ3n) is 2.90. The van der Waals surface area contributed by atoms with Crippen LogP contribution in [0.25, 0.3) is 0 Å². The van der Waals surface area contributed by atoms with Crippen LogP contribution in [0, 0.1) is 11.6 Å². The van der Waals surface area contributed by atoms with Crippen LogP contribution in [-0.4, -0.2) is 23.9 Å². The molecular weight excluding hydrogens is 224 g/mol. The largest absolute Gasteiger partial charge is 0.370 e. The second kappa shape index (κ2) is 4.69. The van der Waals surface area contributed by atoms with Gasteiger partial charge < -0.3 is 10.6 Å². The Balaban J connectivity index is 2.31. The van der Waals surface area contributed by atoms with Crippen molar-refractivity contribution < 1.29 is 8.78 Å². The predicted octanol–water partition coefficient (Wildman–Crippen LogP) is 2.05. The van der Waals surface area contributed by atoms with Gasteiger partial charge in [0.2, 0.25) is 0 Å². The number of aliphatic imine (C=N–C) groups is 1. The van der Waals surface area contributed by atoms with Crippen LogP contribution in [0.3, 0.4) is 0 Å². The van der Waals surface area contributed by atoms with Gasteiger partial charge in [-0.2, -0.15) is 0 Å². The molecule has 2 rings (SSSR count). The minimum atomic E-state index is -0.829. The van der Waals surface area contributed by atoms with Crippen LogP contribution in [-0.2, 0) is 0 Å². The Morgan fingerprint density at radius 3 is 2.94 bits per heavy atom. The van der Waals surface area contributed by atoms with Gasteiger partial charge in [-0.15, -0.1) is 0 Å². The summed E-state index contributed by atoms with van der Waals surface area (Å²) in [7, 11) is 0. The summed E-state index contributed by atoms with van der Waals surface area (Å²) in [6.07, 6.45) is 0.879. The van der Waals surface area contributed by atoms with E-state index in [1.54, 1.807) is 6.07 Å². The highest BCUT2D eigenvalue weighted by atomic mass is 19.2. The first-order chi connectivity index (χ1) is 8.15. The van der Waals surface area contributed by atoms with E-state index < -0.39 is 11.6 Å². The van der Waals surface area contributed by atoms with Gasteiger partial charge in [0.05, 0.1) is 12.6 Å². The number of guanidine groups is 1. The van der Waals surface area contributed by atoms with Gasteiger partial charge in [-0.3, -0.25) is 4.99 Å². The molecule has 1 unspecified atom stereocenters. The molecule has 17 heavy (non-hydrogen) atoms. The highest BCUT2D eigenvalue weighted by molar-refractivity contribution is 5.80. The van der Waals surface area contributed by atoms with Crippen molar-refractivity contribution in [1.29, 1.82) is 0 Å². The summed E-state index contributed by atoms with van der Waals surface area (Å²) in [4.78, 5) is 5.91. The quantitative estimate of drug-likeness (QED) is 0.877. The molecule has 1 atom stereocenters. The lowest BCUT2D eigenvalue weighted by molar-refractivity contribution is 0.334. The fourth-order valence-electron chi connectivity index (χ4n) is 2.08. The Hall–Kier alpha value is -1.65. The molecule has 5 heteroatoms. The average Bonchev–Trinajstić information content (AvgIpc) is 2.66. The third kappa shape index (κ3) is 2.09. The normalized spacial score (nSPS) is 19.6. The number of rotatable bonds is 3. The lowest BCUT2D eigenvalue weighted by atomic mass is 10.1. The number of hydrogen-bond donors (Lipinski definition) is 1. The summed E-state index contributed by atoms with van der Waals surface area (Å²) in [5.74, 6) is -1.23. The van der Waals surface area contributed by atoms with E-state index in [0.717, 1.165) is 12.5 Å². The summed E-state index contributed by atoms with van der Waals surface area (Å²) in [6, 6.07) is 3.92. The first-order valence-electron chi connectivity index (χ1n) is 5.65. The highest BCUT2D eigenvalue weighted by Gasteiger charge is 2.29. The number of nitrogens with zero attached hydrogens (tertiary/aromatic N) is 2. The molecule has 1 aromatic rings. The second-order valence-electron chi connectivity index (χ2n) is 4.05. The van der Waals surface area contributed by atoms with E-state index in [-0.39, 0.29) is 6.04 Å². The lowest BCUT2D eigenvalue weighted by Crippen LogP contribution is -2.37. The molecule has 0 saturated heterocycles. The molecular formula is C12H15F2N3. The molecule has 3 nitrogen and oxygen atoms in total. The van der Waals surface area contributed by atoms with Gasteiger partial charge in [-0.25, -0.2) is 8.78 Å². The van der Waals surface area contributed by atoms with Crippen LogP contribution in [0.4, 0.5) is 8.78 Å². The summed E-state index contributed by atoms with van der Waals surface area (Å²) in [5.41, 5.74) is 6.06. The van der Waals surface area contributed by atoms with Crippen LogP contribution in [0.5, 0.6) is 0 Å². The molecule has 0 aromatic heterocycles. The Labute approximate surface area is 98.9 Å². The van der Waals surface area contributed by atoms with Gasteiger partial charge >= 0.3 is 0 Å². The molecule has 92 valence electrons. The Morgan fingerprint density at radius 1 is 1.47 bits per heavy atom. The van der Waals surface area contributed by atoms with Crippen molar-refractivity contribution in [2.24, 2.45) is 10.7 Å². The van der Waals surface area contributed by atoms with E-state index in [4.69, 9.17) is 5.73 Å². The van der Waals surface area contributed by atoms with Gasteiger partial charge in [0.15, 0.2) is 17.6 Å². The van der Waals surface area contributed by atoms with E-state index in [9.17, 15) is 8.78 Å². The molecule has 0 saturated carbocycles. The van der Waals surface area contributed by atoms with Gasteiger partial charge in [0.25, 0.3) is 0 Å². The smallest absolute Gasteiger partial charge is 0.191 e. The predicted molar refractivity (Wildman–Crippen MR) is 62.6 cm³/mol. The van der Waals surface area contributed by atoms with Crippen LogP contribution < -0.4 is 5.73 Å². The number of hydrogen-bond acceptors (Lipinski definition) is 3. The zero-order valence-corrected chi connectivity index (χ0v) is 9.66. The molecule has 2 N–H and O–H groups in total. The minimum Gasteiger partial charge on any atom is -0.370 e. The molecule has 1 heterocycles. The van der Waals surface area contributed by atoms with Crippen molar-refractivity contribution in [3.05, 3.63) is 35.4 Å². The van der Waals surface area contributed by atoms with Crippen molar-refractivity contribution in [3.63, 3.8) is 0 Å². The SMILES string of the molecule is CCCN1C(N)=NCC1c1cccc(F)c1F. The molecule has 0 amide bonds. The summed E-state index contributed by atoms with van der Waals surface area (Å²) in [6.45, 7) is 3.08. The Morgan fingerprint density at radius 2 is 2.24 bits per heavy atom. The van der Waals surface area contributed by atoms with E-state index in [2.05, 4.69) is 4.99 Å². The molecule has 0 bridgehead atoms. The summed E-state index contributed by atoms with van der Waals surface area (Å²) >= 11 is 0. The summed E-state index contributed by atoms with van der Waals surface area (Å²) < 4.78 is 26.9. The maximum Gasteiger partial charge on any atom is 0.191 e. The van der Waals surface area contributed by atoms with Crippen LogP contribution in [0.2, 0.25) is 0 Å². The van der Waals surface area contributed by atoms with Crippen LogP contribution in [0.1, 0.15) is 24.9 Å². The average molecular weight is 239 g/mol. The van der Waals surface area contributed by atoms with Crippen LogP contribution >= 0.6 is 0 Å². The van der Waals surface area contributed by atoms with Crippen molar-refractivity contribution in [2.45, 2.75) is 19.4 Å². The molecule has 0 radical (unpaired) electrons. The zero-order chi connectivity index (χ0) is 12.4. The van der Waals surface area contributed by atoms with E-state index >= 15 is 0 Å². The highest BCUT2D eigenvalue weighted by Crippen LogP contribution is 2.28. The Kier molecular flexibility index (Phi) is 3.26. The van der Waals surface area contributed by atoms with Crippen molar-refractivity contribution in [3.8, 4) is 0 Å². The van der Waals surface area contributed by atoms with Gasteiger partial charge in [0.1, 0.15) is 0 Å². The van der Waals surface area contributed by atoms with Gasteiger partial charge in [-0.05, 0) is 12.5 Å². The molecule has 0 fully saturated rings. The van der Waals surface area contributed by atoms with E-state index in [1.165, 1.54) is 6.07 Å². The number of benzene rings is 1. The Bertz CT molecular complexity index is 445. The number of nitrogens with two attached hydrogens (primary N) is 1. The third-order valence-corrected chi connectivity index (χ3v) is 2.90. The fourth-order valence-corrected chi connectivity index (χ4v) is 2.08.